The van der Waals surface area contributed by atoms with Crippen LogP contribution in [-0.4, -0.2) is 20.1 Å². The molecule has 0 spiro atoms. The first-order valence-electron chi connectivity index (χ1n) is 5.38. The van der Waals surface area contributed by atoms with Crippen LogP contribution in [0.25, 0.3) is 0 Å². The maximum absolute atomic E-state index is 13.3. The molecule has 0 heterocycles. The van der Waals surface area contributed by atoms with Crippen molar-refractivity contribution in [3.8, 4) is 0 Å². The van der Waals surface area contributed by atoms with E-state index in [9.17, 15) is 4.39 Å². The van der Waals surface area contributed by atoms with Crippen molar-refractivity contribution in [3.63, 3.8) is 0 Å². The third kappa shape index (κ3) is 3.51. The van der Waals surface area contributed by atoms with Crippen molar-refractivity contribution in [2.45, 2.75) is 19.8 Å². The Balaban J connectivity index is 2.87. The number of hydrogen-bond acceptors (Lipinski definition) is 2. The Hall–Kier alpha value is -1.09. The molecule has 0 saturated carbocycles. The fourth-order valence-corrected chi connectivity index (χ4v) is 1.63. The maximum atomic E-state index is 13.3. The summed E-state index contributed by atoms with van der Waals surface area (Å²) in [6.45, 7) is 3.60. The summed E-state index contributed by atoms with van der Waals surface area (Å²) in [6.07, 6.45) is 1.78. The highest BCUT2D eigenvalue weighted by Gasteiger charge is 2.04. The van der Waals surface area contributed by atoms with Crippen LogP contribution in [-0.2, 0) is 6.42 Å². The Morgan fingerprint density at radius 2 is 2.07 bits per heavy atom. The van der Waals surface area contributed by atoms with Gasteiger partial charge in [-0.15, -0.1) is 0 Å². The van der Waals surface area contributed by atoms with Crippen LogP contribution < -0.4 is 10.6 Å². The first-order valence-corrected chi connectivity index (χ1v) is 5.38. The summed E-state index contributed by atoms with van der Waals surface area (Å²) in [6, 6.07) is 5.12. The highest BCUT2D eigenvalue weighted by atomic mass is 19.1. The Kier molecular flexibility index (Phi) is 4.56. The molecule has 1 aromatic carbocycles. The smallest absolute Gasteiger partial charge is 0.125 e. The Morgan fingerprint density at radius 1 is 1.33 bits per heavy atom. The third-order valence-electron chi connectivity index (χ3n) is 2.38. The molecule has 1 rings (SSSR count). The van der Waals surface area contributed by atoms with E-state index in [1.54, 1.807) is 12.1 Å². The zero-order chi connectivity index (χ0) is 11.3. The number of halogens is 1. The SMILES string of the molecule is CCCN(C)c1cc(F)cc(CCN)c1. The van der Waals surface area contributed by atoms with E-state index in [0.717, 1.165) is 30.6 Å². The standard InChI is InChI=1S/C12H19FN2/c1-3-6-15(2)12-8-10(4-5-14)7-11(13)9-12/h7-9H,3-6,14H2,1-2H3. The Bertz CT molecular complexity index is 312. The van der Waals surface area contributed by atoms with Gasteiger partial charge in [0.15, 0.2) is 0 Å². The molecule has 0 aromatic heterocycles. The van der Waals surface area contributed by atoms with E-state index in [4.69, 9.17) is 5.73 Å². The van der Waals surface area contributed by atoms with Gasteiger partial charge >= 0.3 is 0 Å². The van der Waals surface area contributed by atoms with Gasteiger partial charge in [0.25, 0.3) is 0 Å². The molecule has 0 saturated heterocycles. The van der Waals surface area contributed by atoms with Crippen molar-refractivity contribution in [1.29, 1.82) is 0 Å². The fourth-order valence-electron chi connectivity index (χ4n) is 1.63. The second-order valence-corrected chi connectivity index (χ2v) is 3.78. The molecular formula is C12H19FN2. The average molecular weight is 210 g/mol. The van der Waals surface area contributed by atoms with Crippen LogP contribution in [0.5, 0.6) is 0 Å². The molecule has 84 valence electrons. The number of benzene rings is 1. The van der Waals surface area contributed by atoms with Crippen LogP contribution in [0, 0.1) is 5.82 Å². The molecule has 0 aliphatic rings. The number of nitrogens with two attached hydrogens (primary N) is 1. The summed E-state index contributed by atoms with van der Waals surface area (Å²) in [5.41, 5.74) is 7.36. The number of nitrogens with zero attached hydrogens (tertiary/aromatic N) is 1. The minimum atomic E-state index is -0.182. The van der Waals surface area contributed by atoms with E-state index in [1.807, 2.05) is 13.1 Å². The monoisotopic (exact) mass is 210 g/mol. The van der Waals surface area contributed by atoms with Crippen LogP contribution in [0.1, 0.15) is 18.9 Å². The lowest BCUT2D eigenvalue weighted by atomic mass is 10.1. The molecule has 0 amide bonds. The zero-order valence-electron chi connectivity index (χ0n) is 9.46. The first kappa shape index (κ1) is 12.0. The maximum Gasteiger partial charge on any atom is 0.125 e. The largest absolute Gasteiger partial charge is 0.375 e. The summed E-state index contributed by atoms with van der Waals surface area (Å²) < 4.78 is 13.3. The van der Waals surface area contributed by atoms with Crippen LogP contribution in [0.3, 0.4) is 0 Å². The average Bonchev–Trinajstić information content (AvgIpc) is 2.17. The van der Waals surface area contributed by atoms with Crippen molar-refractivity contribution in [3.05, 3.63) is 29.6 Å². The summed E-state index contributed by atoms with van der Waals surface area (Å²) in [4.78, 5) is 2.06. The normalized spacial score (nSPS) is 10.4. The first-order chi connectivity index (χ1) is 7.17. The van der Waals surface area contributed by atoms with Crippen LogP contribution >= 0.6 is 0 Å². The molecule has 2 N–H and O–H groups in total. The predicted octanol–water partition coefficient (Wildman–Crippen LogP) is 2.17. The highest BCUT2D eigenvalue weighted by Crippen LogP contribution is 2.18. The van der Waals surface area contributed by atoms with Crippen molar-refractivity contribution >= 4 is 5.69 Å². The molecule has 0 aliphatic carbocycles. The molecule has 0 fully saturated rings. The third-order valence-corrected chi connectivity index (χ3v) is 2.38. The van der Waals surface area contributed by atoms with Crippen molar-refractivity contribution < 1.29 is 4.39 Å². The Labute approximate surface area is 90.9 Å². The lowest BCUT2D eigenvalue weighted by Crippen LogP contribution is -2.18. The van der Waals surface area contributed by atoms with Gasteiger partial charge in [0.1, 0.15) is 5.82 Å². The molecular weight excluding hydrogens is 191 g/mol. The Morgan fingerprint density at radius 3 is 2.67 bits per heavy atom. The van der Waals surface area contributed by atoms with Crippen LogP contribution in [0.2, 0.25) is 0 Å². The molecule has 0 aliphatic heterocycles. The van der Waals surface area contributed by atoms with Crippen molar-refractivity contribution in [1.82, 2.24) is 0 Å². The van der Waals surface area contributed by atoms with E-state index >= 15 is 0 Å². The minimum absolute atomic E-state index is 0.182. The quantitative estimate of drug-likeness (QED) is 0.807. The molecule has 0 unspecified atom stereocenters. The van der Waals surface area contributed by atoms with E-state index in [0.29, 0.717) is 6.54 Å². The van der Waals surface area contributed by atoms with Gasteiger partial charge in [-0.05, 0) is 43.1 Å². The minimum Gasteiger partial charge on any atom is -0.375 e. The lowest BCUT2D eigenvalue weighted by Gasteiger charge is -2.19. The second kappa shape index (κ2) is 5.71. The molecule has 2 nitrogen and oxygen atoms in total. The van der Waals surface area contributed by atoms with Crippen LogP contribution in [0.4, 0.5) is 10.1 Å². The number of rotatable bonds is 5. The lowest BCUT2D eigenvalue weighted by molar-refractivity contribution is 0.624. The summed E-state index contributed by atoms with van der Waals surface area (Å²) in [5, 5.41) is 0. The molecule has 0 radical (unpaired) electrons. The summed E-state index contributed by atoms with van der Waals surface area (Å²) in [7, 11) is 1.98. The fraction of sp³-hybridized carbons (Fsp3) is 0.500. The topological polar surface area (TPSA) is 29.3 Å². The highest BCUT2D eigenvalue weighted by molar-refractivity contribution is 5.48. The van der Waals surface area contributed by atoms with E-state index in [2.05, 4.69) is 11.8 Å². The van der Waals surface area contributed by atoms with E-state index < -0.39 is 0 Å². The van der Waals surface area contributed by atoms with E-state index in [1.165, 1.54) is 0 Å². The van der Waals surface area contributed by atoms with Gasteiger partial charge in [0, 0.05) is 19.3 Å². The second-order valence-electron chi connectivity index (χ2n) is 3.78. The molecule has 15 heavy (non-hydrogen) atoms. The molecule has 0 bridgehead atoms. The van der Waals surface area contributed by atoms with Gasteiger partial charge < -0.3 is 10.6 Å². The van der Waals surface area contributed by atoms with E-state index in [-0.39, 0.29) is 5.82 Å². The molecule has 1 aromatic rings. The van der Waals surface area contributed by atoms with Gasteiger partial charge in [-0.1, -0.05) is 6.92 Å². The molecule has 3 heteroatoms. The van der Waals surface area contributed by atoms with Gasteiger partial charge in [-0.3, -0.25) is 0 Å². The zero-order valence-corrected chi connectivity index (χ0v) is 9.46. The van der Waals surface area contributed by atoms with Crippen LogP contribution in [0.15, 0.2) is 18.2 Å². The van der Waals surface area contributed by atoms with Gasteiger partial charge in [0.2, 0.25) is 0 Å². The predicted molar refractivity (Wildman–Crippen MR) is 62.7 cm³/mol. The van der Waals surface area contributed by atoms with Crippen molar-refractivity contribution in [2.24, 2.45) is 5.73 Å². The van der Waals surface area contributed by atoms with Gasteiger partial charge in [0.05, 0.1) is 0 Å². The number of anilines is 1. The van der Waals surface area contributed by atoms with Gasteiger partial charge in [-0.2, -0.15) is 0 Å². The number of hydrogen-bond donors (Lipinski definition) is 1. The summed E-state index contributed by atoms with van der Waals surface area (Å²) >= 11 is 0. The van der Waals surface area contributed by atoms with Crippen molar-refractivity contribution in [2.75, 3.05) is 25.0 Å². The summed E-state index contributed by atoms with van der Waals surface area (Å²) in [5.74, 6) is -0.182. The van der Waals surface area contributed by atoms with Gasteiger partial charge in [-0.25, -0.2) is 4.39 Å². The molecule has 0 atom stereocenters.